The lowest BCUT2D eigenvalue weighted by Crippen LogP contribution is -1.76. The van der Waals surface area contributed by atoms with Crippen LogP contribution in [-0.2, 0) is 6.42 Å². The number of benzene rings is 1. The lowest BCUT2D eigenvalue weighted by molar-refractivity contribution is 1.29. The Kier molecular flexibility index (Phi) is 2.84. The molecule has 0 amide bonds. The van der Waals surface area contributed by atoms with Crippen LogP contribution < -0.4 is 0 Å². The molecular weight excluding hydrogens is 202 g/mol. The van der Waals surface area contributed by atoms with Gasteiger partial charge >= 0.3 is 0 Å². The molecule has 15 heavy (non-hydrogen) atoms. The van der Waals surface area contributed by atoms with E-state index in [0.717, 1.165) is 5.56 Å². The summed E-state index contributed by atoms with van der Waals surface area (Å²) in [7, 11) is 0. The molecule has 0 aliphatic rings. The summed E-state index contributed by atoms with van der Waals surface area (Å²) in [6.07, 6.45) is 0.502. The number of aryl methyl sites for hydroxylation is 1. The van der Waals surface area contributed by atoms with Crippen LogP contribution in [0.25, 0.3) is 10.4 Å². The molecule has 2 heteroatoms. The highest BCUT2D eigenvalue weighted by molar-refractivity contribution is 7.13. The Balaban J connectivity index is 2.34. The van der Waals surface area contributed by atoms with E-state index < -0.39 is 0 Å². The predicted molar refractivity (Wildman–Crippen MR) is 63.8 cm³/mol. The first-order valence-corrected chi connectivity index (χ1v) is 5.69. The van der Waals surface area contributed by atoms with E-state index in [0.29, 0.717) is 6.42 Å². The monoisotopic (exact) mass is 213 g/mol. The molecule has 1 nitrogen and oxygen atoms in total. The summed E-state index contributed by atoms with van der Waals surface area (Å²) >= 11 is 1.70. The van der Waals surface area contributed by atoms with Gasteiger partial charge in [-0.2, -0.15) is 5.26 Å². The summed E-state index contributed by atoms with van der Waals surface area (Å²) in [5.74, 6) is 0. The summed E-state index contributed by atoms with van der Waals surface area (Å²) in [5, 5.41) is 10.7. The zero-order chi connectivity index (χ0) is 10.7. The largest absolute Gasteiger partial charge is 0.198 e. The van der Waals surface area contributed by atoms with E-state index in [2.05, 4.69) is 48.7 Å². The molecule has 0 saturated heterocycles. The van der Waals surface area contributed by atoms with Crippen LogP contribution in [0.5, 0.6) is 0 Å². The van der Waals surface area contributed by atoms with E-state index in [9.17, 15) is 0 Å². The third-order valence-electron chi connectivity index (χ3n) is 2.24. The quantitative estimate of drug-likeness (QED) is 0.744. The first-order valence-electron chi connectivity index (χ1n) is 4.81. The number of rotatable bonds is 2. The Morgan fingerprint density at radius 3 is 2.93 bits per heavy atom. The fourth-order valence-corrected chi connectivity index (χ4v) is 2.42. The number of nitriles is 1. The topological polar surface area (TPSA) is 23.8 Å². The standard InChI is InChI=1S/C13H11NS/c1-10-3-2-4-12(7-10)13-8-11(5-6-14)9-15-13/h2-4,7-9H,5H2,1H3. The van der Waals surface area contributed by atoms with Crippen molar-refractivity contribution in [2.45, 2.75) is 13.3 Å². The SMILES string of the molecule is Cc1cccc(-c2cc(CC#N)cs2)c1. The summed E-state index contributed by atoms with van der Waals surface area (Å²) in [4.78, 5) is 1.24. The third-order valence-corrected chi connectivity index (χ3v) is 3.27. The van der Waals surface area contributed by atoms with E-state index in [1.54, 1.807) is 11.3 Å². The van der Waals surface area contributed by atoms with Gasteiger partial charge in [-0.25, -0.2) is 0 Å². The Morgan fingerprint density at radius 2 is 2.20 bits per heavy atom. The summed E-state index contributed by atoms with van der Waals surface area (Å²) in [5.41, 5.74) is 3.62. The molecule has 0 radical (unpaired) electrons. The molecule has 74 valence electrons. The van der Waals surface area contributed by atoms with Gasteiger partial charge in [0, 0.05) is 4.88 Å². The minimum absolute atomic E-state index is 0.502. The van der Waals surface area contributed by atoms with Gasteiger partial charge in [0.1, 0.15) is 0 Å². The van der Waals surface area contributed by atoms with E-state index in [4.69, 9.17) is 5.26 Å². The van der Waals surface area contributed by atoms with Crippen LogP contribution in [0.1, 0.15) is 11.1 Å². The average molecular weight is 213 g/mol. The van der Waals surface area contributed by atoms with Crippen molar-refractivity contribution in [1.29, 1.82) is 5.26 Å². The third kappa shape index (κ3) is 2.26. The lowest BCUT2D eigenvalue weighted by Gasteiger charge is -1.97. The van der Waals surface area contributed by atoms with Gasteiger partial charge < -0.3 is 0 Å². The normalized spacial score (nSPS) is 9.87. The molecule has 0 unspecified atom stereocenters. The van der Waals surface area contributed by atoms with Crippen molar-refractivity contribution >= 4 is 11.3 Å². The molecule has 0 spiro atoms. The molecule has 2 rings (SSSR count). The number of hydrogen-bond donors (Lipinski definition) is 0. The summed E-state index contributed by atoms with van der Waals surface area (Å²) in [6, 6.07) is 12.7. The predicted octanol–water partition coefficient (Wildman–Crippen LogP) is 3.79. The first kappa shape index (κ1) is 9.95. The van der Waals surface area contributed by atoms with Crippen molar-refractivity contribution in [3.63, 3.8) is 0 Å². The molecule has 0 aliphatic carbocycles. The molecule has 1 aromatic carbocycles. The molecule has 0 bridgehead atoms. The molecule has 0 fully saturated rings. The van der Waals surface area contributed by atoms with Crippen molar-refractivity contribution in [2.75, 3.05) is 0 Å². The van der Waals surface area contributed by atoms with Crippen molar-refractivity contribution < 1.29 is 0 Å². The Bertz CT molecular complexity index is 505. The molecule has 0 saturated carbocycles. The zero-order valence-corrected chi connectivity index (χ0v) is 9.34. The van der Waals surface area contributed by atoms with Gasteiger partial charge in [0.25, 0.3) is 0 Å². The highest BCUT2D eigenvalue weighted by atomic mass is 32.1. The number of nitrogens with zero attached hydrogens (tertiary/aromatic N) is 1. The molecule has 0 N–H and O–H groups in total. The Hall–Kier alpha value is -1.59. The van der Waals surface area contributed by atoms with Gasteiger partial charge in [0.05, 0.1) is 12.5 Å². The minimum atomic E-state index is 0.502. The van der Waals surface area contributed by atoms with E-state index >= 15 is 0 Å². The smallest absolute Gasteiger partial charge is 0.0670 e. The van der Waals surface area contributed by atoms with E-state index in [-0.39, 0.29) is 0 Å². The molecule has 2 aromatic rings. The lowest BCUT2D eigenvalue weighted by atomic mass is 10.1. The fourth-order valence-electron chi connectivity index (χ4n) is 1.51. The van der Waals surface area contributed by atoms with Crippen molar-refractivity contribution in [3.05, 3.63) is 46.8 Å². The maximum absolute atomic E-state index is 8.60. The summed E-state index contributed by atoms with van der Waals surface area (Å²) < 4.78 is 0. The zero-order valence-electron chi connectivity index (χ0n) is 8.53. The molecule has 1 heterocycles. The Labute approximate surface area is 93.6 Å². The fraction of sp³-hybridized carbons (Fsp3) is 0.154. The highest BCUT2D eigenvalue weighted by Gasteiger charge is 2.02. The maximum atomic E-state index is 8.60. The van der Waals surface area contributed by atoms with Crippen LogP contribution in [-0.4, -0.2) is 0 Å². The van der Waals surface area contributed by atoms with Crippen LogP contribution in [0, 0.1) is 18.3 Å². The second-order valence-electron chi connectivity index (χ2n) is 3.52. The van der Waals surface area contributed by atoms with Gasteiger partial charge in [-0.1, -0.05) is 29.8 Å². The molecule has 0 atom stereocenters. The minimum Gasteiger partial charge on any atom is -0.198 e. The highest BCUT2D eigenvalue weighted by Crippen LogP contribution is 2.27. The van der Waals surface area contributed by atoms with Crippen LogP contribution in [0.2, 0.25) is 0 Å². The van der Waals surface area contributed by atoms with Crippen LogP contribution in [0.4, 0.5) is 0 Å². The molecular formula is C13H11NS. The summed E-state index contributed by atoms with van der Waals surface area (Å²) in [6.45, 7) is 2.09. The van der Waals surface area contributed by atoms with Crippen LogP contribution >= 0.6 is 11.3 Å². The van der Waals surface area contributed by atoms with Crippen molar-refractivity contribution in [3.8, 4) is 16.5 Å². The van der Waals surface area contributed by atoms with Gasteiger partial charge in [-0.05, 0) is 29.5 Å². The van der Waals surface area contributed by atoms with Gasteiger partial charge in [-0.15, -0.1) is 11.3 Å². The second-order valence-corrected chi connectivity index (χ2v) is 4.43. The molecule has 0 aliphatic heterocycles. The van der Waals surface area contributed by atoms with Gasteiger partial charge in [0.2, 0.25) is 0 Å². The first-order chi connectivity index (χ1) is 7.29. The maximum Gasteiger partial charge on any atom is 0.0670 e. The van der Waals surface area contributed by atoms with Crippen LogP contribution in [0.15, 0.2) is 35.7 Å². The van der Waals surface area contributed by atoms with Gasteiger partial charge in [0.15, 0.2) is 0 Å². The second kappa shape index (κ2) is 4.29. The van der Waals surface area contributed by atoms with Crippen molar-refractivity contribution in [1.82, 2.24) is 0 Å². The molecule has 1 aromatic heterocycles. The van der Waals surface area contributed by atoms with E-state index in [1.807, 2.05) is 0 Å². The average Bonchev–Trinajstić information content (AvgIpc) is 2.67. The van der Waals surface area contributed by atoms with Crippen molar-refractivity contribution in [2.24, 2.45) is 0 Å². The Morgan fingerprint density at radius 1 is 1.33 bits per heavy atom. The number of thiophene rings is 1. The van der Waals surface area contributed by atoms with Gasteiger partial charge in [-0.3, -0.25) is 0 Å². The van der Waals surface area contributed by atoms with E-state index in [1.165, 1.54) is 16.0 Å². The van der Waals surface area contributed by atoms with Crippen LogP contribution in [0.3, 0.4) is 0 Å². The number of hydrogen-bond acceptors (Lipinski definition) is 2.